The third-order valence-corrected chi connectivity index (χ3v) is 25.4. The van der Waals surface area contributed by atoms with Crippen LogP contribution in [-0.4, -0.2) is 168 Å². The number of hydrogen-bond donors (Lipinski definition) is 0. The molecule has 10 heterocycles. The molecule has 21 nitrogen and oxygen atoms in total. The highest BCUT2D eigenvalue weighted by Crippen LogP contribution is 2.49. The van der Waals surface area contributed by atoms with Gasteiger partial charge in [0, 0.05) is 174 Å². The molecule has 0 radical (unpaired) electrons. The summed E-state index contributed by atoms with van der Waals surface area (Å²) in [6.45, 7) is 42.1. The molecule has 1 aromatic heterocycles. The lowest BCUT2D eigenvalue weighted by atomic mass is 10.0. The molecule has 8 aromatic rings. The lowest BCUT2D eigenvalue weighted by Crippen LogP contribution is -2.39. The molecule has 0 N–H and O–H groups in total. The van der Waals surface area contributed by atoms with E-state index in [-0.39, 0.29) is 94.9 Å². The molecule has 7 aromatic carbocycles. The summed E-state index contributed by atoms with van der Waals surface area (Å²) in [5.74, 6) is 2.04. The number of anilines is 1. The van der Waals surface area contributed by atoms with Gasteiger partial charge in [-0.2, -0.15) is 84.3 Å². The number of halogens is 23. The van der Waals surface area contributed by atoms with Crippen molar-refractivity contribution < 1.29 is 117 Å². The minimum Gasteiger partial charge on any atom is -0.478 e. The number of nitrogens with zero attached hydrogens (tertiary/aromatic N) is 13. The Hall–Kier alpha value is -8.89. The number of carbonyl (C=O) groups is 1. The van der Waals surface area contributed by atoms with Gasteiger partial charge in [-0.05, 0) is 215 Å². The predicted molar refractivity (Wildman–Crippen MR) is 500 cm³/mol. The molecule has 0 atom stereocenters. The lowest BCUT2D eigenvalue weighted by Gasteiger charge is -2.34. The first-order valence-electron chi connectivity index (χ1n) is 45.4. The highest BCUT2D eigenvalue weighted by molar-refractivity contribution is 6.36. The number of aromatic nitrogens is 3. The Morgan fingerprint density at radius 2 is 0.695 bits per heavy atom. The zero-order valence-corrected chi connectivity index (χ0v) is 84.5. The first-order valence-corrected chi connectivity index (χ1v) is 47.2. The molecule has 141 heavy (non-hydrogen) atoms. The first-order chi connectivity index (χ1) is 65.6. The van der Waals surface area contributed by atoms with Crippen LogP contribution >= 0.6 is 58.0 Å². The van der Waals surface area contributed by atoms with E-state index in [2.05, 4.69) is 52.6 Å². The van der Waals surface area contributed by atoms with Crippen molar-refractivity contribution in [1.29, 1.82) is 5.26 Å². The molecule has 776 valence electrons. The van der Waals surface area contributed by atoms with Gasteiger partial charge in [0.15, 0.2) is 0 Å². The number of amides is 1. The molecule has 1 fully saturated rings. The standard InChI is InChI=1S/C16H19F3N2O2.C13H13F3N2O.C13H16F3NO.2C12H13ClF3NO.C11H13Cl2NO.C11H14ClNO.C9H13F3N4/c1-10(2)20-8-11-6-12(16(17,18)19)7-13(15(11)23-9-20)21-5-3-4-14(21)22;1-8(2)18-6-10-4-11(13(14,15)16)3-9(5-17)12(10)19-7-18;1-8(2)17-6-10-4-9(3)5-11(13(14,15)16)12(10)18-7-17;1-7(2)17-5-8-3-9(13)4-10(12(14,15)16)11(8)18-6-17;1-7(2)17-5-8-3-9(12(14,15)16)4-10(13)11(8)18-6-17;1-7(2)14-5-8-3-9(12)4-10(13)11(8)15-6-14;1-8(2)13-6-9-5-10(12)3-4-11(9)14-7-13;1-6(2)15-3-4-16-7(5-15)13-14-8(16)9(10,11)12/h6-7,10H,3-5,8-9H2,1-2H3;3-4,8H,6-7H2,1-2H3;4-5,8H,6-7H2,1-3H3;2*3-4,7H,5-6H2,1-2H3;3-4,7H,5-6H2,1-2H3;3-5,8H,6-7H2,1-2H3;6H,3-5H2,1-2H3. The van der Waals surface area contributed by atoms with Crippen molar-refractivity contribution in [2.75, 3.05) is 65.1 Å². The van der Waals surface area contributed by atoms with Crippen molar-refractivity contribution in [3.63, 3.8) is 0 Å². The Bertz CT molecular complexity index is 5580. The average Bonchev–Trinajstić information content (AvgIpc) is 1.63. The van der Waals surface area contributed by atoms with Gasteiger partial charge >= 0.3 is 37.1 Å². The van der Waals surface area contributed by atoms with Crippen molar-refractivity contribution in [2.24, 2.45) is 0 Å². The number of rotatable bonds is 9. The van der Waals surface area contributed by atoms with Gasteiger partial charge in [0.25, 0.3) is 0 Å². The van der Waals surface area contributed by atoms with E-state index in [1.165, 1.54) is 21.1 Å². The van der Waals surface area contributed by atoms with Crippen LogP contribution in [0.15, 0.2) is 91.0 Å². The zero-order chi connectivity index (χ0) is 105. The molecule has 0 unspecified atom stereocenters. The van der Waals surface area contributed by atoms with Crippen LogP contribution in [0.4, 0.5) is 84.7 Å². The van der Waals surface area contributed by atoms with Crippen LogP contribution in [0.25, 0.3) is 0 Å². The van der Waals surface area contributed by atoms with Gasteiger partial charge in [-0.3, -0.25) is 44.0 Å². The van der Waals surface area contributed by atoms with Crippen LogP contribution in [0.5, 0.6) is 40.2 Å². The van der Waals surface area contributed by atoms with E-state index in [0.717, 1.165) is 83.7 Å². The second kappa shape index (κ2) is 47.5. The molecule has 1 amide bonds. The summed E-state index contributed by atoms with van der Waals surface area (Å²) in [5, 5.41) is 17.9. The van der Waals surface area contributed by atoms with E-state index in [1.54, 1.807) is 25.1 Å². The van der Waals surface area contributed by atoms with Gasteiger partial charge in [0.1, 0.15) is 99.3 Å². The molecule has 0 saturated carbocycles. The molecule has 44 heteroatoms. The molecular formula is C97H114Cl5F18N13O8. The summed E-state index contributed by atoms with van der Waals surface area (Å²) in [7, 11) is 0. The number of nitriles is 1. The summed E-state index contributed by atoms with van der Waals surface area (Å²) >= 11 is 29.5. The van der Waals surface area contributed by atoms with Crippen LogP contribution in [0.3, 0.4) is 0 Å². The van der Waals surface area contributed by atoms with Crippen molar-refractivity contribution >= 4 is 69.6 Å². The second-order valence-corrected chi connectivity index (χ2v) is 39.1. The van der Waals surface area contributed by atoms with Gasteiger partial charge in [-0.25, -0.2) is 0 Å². The quantitative estimate of drug-likeness (QED) is 0.125. The average molecular weight is 2110 g/mol. The van der Waals surface area contributed by atoms with Crippen molar-refractivity contribution in [3.05, 3.63) is 206 Å². The predicted octanol–water partition coefficient (Wildman–Crippen LogP) is 25.9. The minimum absolute atomic E-state index is 0.00926. The number of aryl methyl sites for hydroxylation is 1. The highest BCUT2D eigenvalue weighted by atomic mass is 35.5. The maximum Gasteiger partial charge on any atom is 0.451 e. The Balaban J connectivity index is 0.000000166. The van der Waals surface area contributed by atoms with Crippen LogP contribution < -0.4 is 38.1 Å². The van der Waals surface area contributed by atoms with E-state index in [9.17, 15) is 83.8 Å². The van der Waals surface area contributed by atoms with Gasteiger partial charge in [0.05, 0.1) is 55.7 Å². The third-order valence-electron chi connectivity index (χ3n) is 24.2. The Morgan fingerprint density at radius 3 is 1.11 bits per heavy atom. The van der Waals surface area contributed by atoms with Crippen LogP contribution in [0.2, 0.25) is 25.1 Å². The summed E-state index contributed by atoms with van der Waals surface area (Å²) in [6.07, 6.45) is -25.5. The lowest BCUT2D eigenvalue weighted by molar-refractivity contribution is -0.148. The van der Waals surface area contributed by atoms with Gasteiger partial charge in [0.2, 0.25) is 11.7 Å². The van der Waals surface area contributed by atoms with Crippen molar-refractivity contribution in [1.82, 2.24) is 54.0 Å². The number of hydrogen-bond acceptors (Lipinski definition) is 19. The molecule has 17 rings (SSSR count). The van der Waals surface area contributed by atoms with Gasteiger partial charge < -0.3 is 42.6 Å². The highest BCUT2D eigenvalue weighted by Gasteiger charge is 2.44. The van der Waals surface area contributed by atoms with Crippen molar-refractivity contribution in [3.8, 4) is 46.3 Å². The van der Waals surface area contributed by atoms with E-state index < -0.39 is 70.7 Å². The SMILES string of the molecule is CC(C)N1CCn2c(nnc2C(F)(F)F)C1.CC(C)N1COc2c(C#N)cc(C(F)(F)F)cc2C1.CC(C)N1COc2c(Cl)cc(C(F)(F)F)cc2C1.CC(C)N1COc2c(Cl)cc(Cl)cc2C1.CC(C)N1COc2c(cc(C(F)(F)F)cc2N2CCCC2=O)C1.CC(C)N1COc2c(cc(Cl)cc2C(F)(F)F)C1.CC(C)N1COc2ccc(Cl)cc2C1.Cc1cc2c(c(C(F)(F)F)c1)OCN(C(C)C)C2. The van der Waals surface area contributed by atoms with E-state index >= 15 is 0 Å². The molecule has 9 aliphatic rings. The maximum absolute atomic E-state index is 13.2. The van der Waals surface area contributed by atoms with E-state index in [0.29, 0.717) is 178 Å². The Morgan fingerprint density at radius 1 is 0.340 bits per heavy atom. The second-order valence-electron chi connectivity index (χ2n) is 37.0. The van der Waals surface area contributed by atoms with Gasteiger partial charge in [-0.15, -0.1) is 10.2 Å². The van der Waals surface area contributed by atoms with Crippen molar-refractivity contribution in [2.45, 2.75) is 275 Å². The maximum atomic E-state index is 13.2. The van der Waals surface area contributed by atoms with Crippen LogP contribution in [0, 0.1) is 18.3 Å². The number of fused-ring (bicyclic) bond motifs is 8. The van der Waals surface area contributed by atoms with Gasteiger partial charge in [-0.1, -0.05) is 64.1 Å². The minimum atomic E-state index is -4.46. The fraction of sp³-hybridized carbons (Fsp3) is 0.526. The molecule has 0 spiro atoms. The number of ether oxygens (including phenoxy) is 7. The summed E-state index contributed by atoms with van der Waals surface area (Å²) in [6, 6.07) is 24.8. The molecule has 1 saturated heterocycles. The fourth-order valence-corrected chi connectivity index (χ4v) is 17.1. The summed E-state index contributed by atoms with van der Waals surface area (Å²) in [4.78, 5) is 29.6. The number of alkyl halides is 18. The topological polar surface area (TPSA) is 165 Å². The molecular weight excluding hydrogens is 1990 g/mol. The smallest absolute Gasteiger partial charge is 0.451 e. The van der Waals surface area contributed by atoms with E-state index in [1.807, 2.05) is 132 Å². The normalized spacial score (nSPS) is 17.0. The number of carbonyl (C=O) groups excluding carboxylic acids is 1. The Kier molecular flexibility index (Phi) is 38.4. The molecule has 0 bridgehead atoms. The van der Waals surface area contributed by atoms with Crippen LogP contribution in [0.1, 0.15) is 213 Å². The fourth-order valence-electron chi connectivity index (χ4n) is 15.8. The van der Waals surface area contributed by atoms with E-state index in [4.69, 9.17) is 96.4 Å². The first kappa shape index (κ1) is 114. The number of benzene rings is 7. The molecule has 9 aliphatic heterocycles. The summed E-state index contributed by atoms with van der Waals surface area (Å²) < 4.78 is 270. The van der Waals surface area contributed by atoms with Crippen LogP contribution in [-0.2, 0) is 101 Å². The molecule has 0 aliphatic carbocycles. The Labute approximate surface area is 833 Å². The monoisotopic (exact) mass is 2110 g/mol. The summed E-state index contributed by atoms with van der Waals surface area (Å²) in [5.41, 5.74) is 1.76. The largest absolute Gasteiger partial charge is 0.478 e. The third kappa shape index (κ3) is 30.2. The zero-order valence-electron chi connectivity index (χ0n) is 80.7.